The normalized spacial score (nSPS) is 14.0. The van der Waals surface area contributed by atoms with Gasteiger partial charge in [0.05, 0.1) is 0 Å². The van der Waals surface area contributed by atoms with Crippen molar-refractivity contribution in [2.75, 3.05) is 0 Å². The molecule has 0 radical (unpaired) electrons. The van der Waals surface area contributed by atoms with Gasteiger partial charge in [-0.05, 0) is 90.1 Å². The van der Waals surface area contributed by atoms with Gasteiger partial charge in [-0.25, -0.2) is 0 Å². The summed E-state index contributed by atoms with van der Waals surface area (Å²) in [6.45, 7) is 34.8. The summed E-state index contributed by atoms with van der Waals surface area (Å²) in [4.78, 5) is 0. The first-order chi connectivity index (χ1) is 15.7. The van der Waals surface area contributed by atoms with Crippen LogP contribution >= 0.6 is 22.7 Å². The third-order valence-electron chi connectivity index (χ3n) is 9.54. The number of hydrogen-bond donors (Lipinski definition) is 0. The van der Waals surface area contributed by atoms with Crippen molar-refractivity contribution in [2.24, 2.45) is 0 Å². The van der Waals surface area contributed by atoms with Crippen LogP contribution in [0.4, 0.5) is 0 Å². The fourth-order valence-electron chi connectivity index (χ4n) is 8.27. The quantitative estimate of drug-likeness (QED) is 0.254. The van der Waals surface area contributed by atoms with Crippen molar-refractivity contribution in [3.8, 4) is 0 Å². The van der Waals surface area contributed by atoms with E-state index in [0.29, 0.717) is 0 Å². The second kappa shape index (κ2) is 9.80. The zero-order valence-electron chi connectivity index (χ0n) is 24.4. The first-order valence-electron chi connectivity index (χ1n) is 13.6. The van der Waals surface area contributed by atoms with Crippen LogP contribution < -0.4 is 9.00 Å². The van der Waals surface area contributed by atoms with Gasteiger partial charge in [0.15, 0.2) is 0 Å². The maximum absolute atomic E-state index is 2.66. The van der Waals surface area contributed by atoms with Crippen LogP contribution in [0, 0.1) is 13.8 Å². The maximum atomic E-state index is 2.66. The summed E-state index contributed by atoms with van der Waals surface area (Å²) in [5, 5.41) is 3.09. The highest BCUT2D eigenvalue weighted by Crippen LogP contribution is 2.47. The van der Waals surface area contributed by atoms with Crippen molar-refractivity contribution in [1.29, 1.82) is 0 Å². The summed E-state index contributed by atoms with van der Waals surface area (Å²) in [5.74, 6) is 0. The zero-order chi connectivity index (χ0) is 25.9. The Morgan fingerprint density at radius 2 is 0.706 bits per heavy atom. The van der Waals surface area contributed by atoms with Gasteiger partial charge in [-0.1, -0.05) is 83.1 Å². The Morgan fingerprint density at radius 1 is 0.471 bits per heavy atom. The molecule has 0 fully saturated rings. The minimum atomic E-state index is -1.64. The van der Waals surface area contributed by atoms with Gasteiger partial charge in [0.2, 0.25) is 0 Å². The molecule has 3 rings (SSSR count). The molecular formula is C30H50S2Si2. The lowest BCUT2D eigenvalue weighted by molar-refractivity contribution is 0.837. The molecule has 190 valence electrons. The Kier molecular flexibility index (Phi) is 8.11. The number of aryl methyl sites for hydroxylation is 2. The van der Waals surface area contributed by atoms with E-state index in [0.717, 1.165) is 33.2 Å². The molecule has 0 aliphatic carbocycles. The number of benzene rings is 1. The first kappa shape index (κ1) is 28.1. The Hall–Kier alpha value is -0.426. The third-order valence-corrected chi connectivity index (χ3v) is 27.9. The largest absolute Gasteiger partial charge is 0.145 e. The average molecular weight is 531 g/mol. The van der Waals surface area contributed by atoms with Crippen molar-refractivity contribution in [3.05, 3.63) is 23.3 Å². The SMILES string of the molecule is Cc1c2cc([Si](C(C)C)(C(C)C)C(C)C)sc2c(C)c2cc([Si](C(C)C)(C(C)C)C(C)C)sc12. The smallest absolute Gasteiger partial charge is 0.107 e. The predicted molar refractivity (Wildman–Crippen MR) is 168 cm³/mol. The van der Waals surface area contributed by atoms with E-state index >= 15 is 0 Å². The van der Waals surface area contributed by atoms with E-state index in [1.165, 1.54) is 11.1 Å². The highest BCUT2D eigenvalue weighted by Gasteiger charge is 2.47. The van der Waals surface area contributed by atoms with Crippen molar-refractivity contribution >= 4 is 68.0 Å². The van der Waals surface area contributed by atoms with E-state index in [1.54, 1.807) is 29.2 Å². The summed E-state index contributed by atoms with van der Waals surface area (Å²) < 4.78 is 6.60. The number of hydrogen-bond acceptors (Lipinski definition) is 2. The first-order valence-corrected chi connectivity index (χ1v) is 19.7. The Labute approximate surface area is 220 Å². The second-order valence-corrected chi connectivity index (χ2v) is 27.3. The number of rotatable bonds is 8. The fourth-order valence-corrected chi connectivity index (χ4v) is 28.7. The van der Waals surface area contributed by atoms with Crippen LogP contribution in [0.2, 0.25) is 33.2 Å². The topological polar surface area (TPSA) is 0 Å². The molecular weight excluding hydrogens is 481 g/mol. The Balaban J connectivity index is 2.37. The second-order valence-electron chi connectivity index (χ2n) is 12.8. The Morgan fingerprint density at radius 3 is 0.912 bits per heavy atom. The van der Waals surface area contributed by atoms with Crippen molar-refractivity contribution in [3.63, 3.8) is 0 Å². The van der Waals surface area contributed by atoms with E-state index in [9.17, 15) is 0 Å². The fraction of sp³-hybridized carbons (Fsp3) is 0.667. The molecule has 34 heavy (non-hydrogen) atoms. The molecule has 0 aliphatic heterocycles. The van der Waals surface area contributed by atoms with Crippen molar-refractivity contribution in [2.45, 2.75) is 130 Å². The van der Waals surface area contributed by atoms with Crippen LogP contribution in [-0.4, -0.2) is 16.1 Å². The lowest BCUT2D eigenvalue weighted by Crippen LogP contribution is -2.54. The van der Waals surface area contributed by atoms with Crippen molar-refractivity contribution < 1.29 is 0 Å². The van der Waals surface area contributed by atoms with Crippen LogP contribution in [-0.2, 0) is 0 Å². The molecule has 4 heteroatoms. The van der Waals surface area contributed by atoms with Gasteiger partial charge in [0.1, 0.15) is 16.1 Å². The molecule has 2 heterocycles. The molecule has 0 N–H and O–H groups in total. The van der Waals surface area contributed by atoms with Gasteiger partial charge in [-0.3, -0.25) is 0 Å². The molecule has 0 nitrogen and oxygen atoms in total. The van der Waals surface area contributed by atoms with E-state index < -0.39 is 16.1 Å². The monoisotopic (exact) mass is 530 g/mol. The molecule has 1 aromatic carbocycles. The van der Waals surface area contributed by atoms with Crippen LogP contribution in [0.3, 0.4) is 0 Å². The van der Waals surface area contributed by atoms with Gasteiger partial charge < -0.3 is 0 Å². The highest BCUT2D eigenvalue weighted by molar-refractivity contribution is 7.34. The molecule has 2 aromatic heterocycles. The average Bonchev–Trinajstić information content (AvgIpc) is 3.31. The van der Waals surface area contributed by atoms with Gasteiger partial charge in [-0.15, -0.1) is 22.7 Å². The van der Waals surface area contributed by atoms with Crippen molar-refractivity contribution in [1.82, 2.24) is 0 Å². The molecule has 0 spiro atoms. The standard InChI is InChI=1S/C30H50S2Si2/c1-17(2)33(18(3)4,19(5)6)27-15-25-23(13)30-26(24(14)29(25)31-27)16-28(32-30)34(20(7)8,21(9)10)22(11)12/h15-22H,1-14H3. The summed E-state index contributed by atoms with van der Waals surface area (Å²) in [6, 6.07) is 5.32. The maximum Gasteiger partial charge on any atom is 0.107 e. The lowest BCUT2D eigenvalue weighted by Gasteiger charge is -2.42. The predicted octanol–water partition coefficient (Wildman–Crippen LogP) is 10.5. The van der Waals surface area contributed by atoms with Crippen LogP contribution in [0.25, 0.3) is 20.2 Å². The van der Waals surface area contributed by atoms with E-state index in [4.69, 9.17) is 0 Å². The summed E-state index contributed by atoms with van der Waals surface area (Å²) in [5.41, 5.74) is 7.59. The van der Waals surface area contributed by atoms with E-state index in [2.05, 4.69) is 132 Å². The van der Waals surface area contributed by atoms with Gasteiger partial charge in [0.25, 0.3) is 0 Å². The summed E-state index contributed by atoms with van der Waals surface area (Å²) in [6.07, 6.45) is 0. The molecule has 0 bridgehead atoms. The molecule has 3 aromatic rings. The zero-order valence-corrected chi connectivity index (χ0v) is 28.1. The van der Waals surface area contributed by atoms with Crippen LogP contribution in [0.15, 0.2) is 12.1 Å². The molecule has 0 saturated carbocycles. The molecule has 0 amide bonds. The minimum absolute atomic E-state index is 0.753. The molecule has 0 atom stereocenters. The number of fused-ring (bicyclic) bond motifs is 2. The minimum Gasteiger partial charge on any atom is -0.145 e. The molecule has 0 aliphatic rings. The summed E-state index contributed by atoms with van der Waals surface area (Å²) >= 11 is 4.32. The van der Waals surface area contributed by atoms with Crippen LogP contribution in [0.1, 0.15) is 94.2 Å². The number of thiophene rings is 2. The van der Waals surface area contributed by atoms with Gasteiger partial charge in [0, 0.05) is 9.40 Å². The van der Waals surface area contributed by atoms with Crippen LogP contribution in [0.5, 0.6) is 0 Å². The highest BCUT2D eigenvalue weighted by atomic mass is 32.1. The molecule has 0 saturated heterocycles. The van der Waals surface area contributed by atoms with Gasteiger partial charge in [-0.2, -0.15) is 0 Å². The van der Waals surface area contributed by atoms with E-state index in [1.807, 2.05) is 0 Å². The van der Waals surface area contributed by atoms with Gasteiger partial charge >= 0.3 is 0 Å². The Bertz CT molecular complexity index is 970. The van der Waals surface area contributed by atoms with E-state index in [-0.39, 0.29) is 0 Å². The lowest BCUT2D eigenvalue weighted by atomic mass is 10.0. The third kappa shape index (κ3) is 3.85. The molecule has 0 unspecified atom stereocenters. The summed E-state index contributed by atoms with van der Waals surface area (Å²) in [7, 11) is -3.29.